The lowest BCUT2D eigenvalue weighted by Crippen LogP contribution is -2.45. The maximum atomic E-state index is 14.5. The molecule has 35 heavy (non-hydrogen) atoms. The Morgan fingerprint density at radius 1 is 1.11 bits per heavy atom. The van der Waals surface area contributed by atoms with E-state index in [0.29, 0.717) is 10.9 Å². The number of amides is 4. The van der Waals surface area contributed by atoms with Gasteiger partial charge in [0.1, 0.15) is 12.2 Å². The van der Waals surface area contributed by atoms with Crippen molar-refractivity contribution in [3.8, 4) is 0 Å². The van der Waals surface area contributed by atoms with Crippen LogP contribution in [0.15, 0.2) is 47.1 Å². The highest BCUT2D eigenvalue weighted by molar-refractivity contribution is 9.10. The molecule has 13 heteroatoms. The molecule has 0 saturated carbocycles. The average molecular weight is 550 g/mol. The minimum atomic E-state index is -1.52. The Hall–Kier alpha value is -4.00. The molecule has 1 aliphatic rings. The number of para-hydroxylation sites is 1. The summed E-state index contributed by atoms with van der Waals surface area (Å²) in [6.07, 6.45) is -0.554. The lowest BCUT2D eigenvalue weighted by atomic mass is 10.1. The molecule has 5 N–H and O–H groups in total. The van der Waals surface area contributed by atoms with Crippen molar-refractivity contribution in [1.29, 1.82) is 0 Å². The molecule has 2 aromatic carbocycles. The Bertz CT molecular complexity index is 1380. The van der Waals surface area contributed by atoms with Crippen LogP contribution in [0.4, 0.5) is 29.7 Å². The van der Waals surface area contributed by atoms with Gasteiger partial charge < -0.3 is 26.4 Å². The standard InChI is InChI=1S/C22H18BrF2N5O5/c23-13-5-10(20(32)33)6-14(18(13)25)27-19(31)17-7-11(24)8-30(17)22(35)28-15-9-29(21(26)34)16-4-2-1-3-12(15)16/h1-6,9,11,17H,7-8H2,(H2,26,34)(H,27,31)(H,28,35)(H,32,33)/t11-,17+/m1/s1. The zero-order chi connectivity index (χ0) is 25.4. The second kappa shape index (κ2) is 9.33. The van der Waals surface area contributed by atoms with Gasteiger partial charge in [-0.3, -0.25) is 9.36 Å². The summed E-state index contributed by atoms with van der Waals surface area (Å²) in [7, 11) is 0. The molecule has 2 heterocycles. The Kier molecular flexibility index (Phi) is 6.43. The number of hydrogen-bond donors (Lipinski definition) is 4. The summed E-state index contributed by atoms with van der Waals surface area (Å²) in [6, 6.07) is 5.68. The molecule has 2 atom stereocenters. The van der Waals surface area contributed by atoms with Crippen LogP contribution in [0.1, 0.15) is 16.8 Å². The first-order chi connectivity index (χ1) is 16.6. The van der Waals surface area contributed by atoms with Crippen molar-refractivity contribution in [3.05, 3.63) is 58.4 Å². The van der Waals surface area contributed by atoms with Crippen molar-refractivity contribution in [3.63, 3.8) is 0 Å². The number of hydrogen-bond acceptors (Lipinski definition) is 4. The van der Waals surface area contributed by atoms with Crippen LogP contribution in [0.2, 0.25) is 0 Å². The fraction of sp³-hybridized carbons (Fsp3) is 0.182. The number of carbonyl (C=O) groups is 4. The van der Waals surface area contributed by atoms with E-state index in [1.807, 2.05) is 0 Å². The van der Waals surface area contributed by atoms with Crippen molar-refractivity contribution in [2.75, 3.05) is 17.2 Å². The molecule has 0 bridgehead atoms. The molecule has 0 unspecified atom stereocenters. The number of anilines is 2. The first kappa shape index (κ1) is 24.1. The van der Waals surface area contributed by atoms with Gasteiger partial charge in [0.15, 0.2) is 5.82 Å². The summed E-state index contributed by atoms with van der Waals surface area (Å²) in [5.74, 6) is -3.16. The summed E-state index contributed by atoms with van der Waals surface area (Å²) >= 11 is 2.89. The van der Waals surface area contributed by atoms with Crippen LogP contribution in [0.25, 0.3) is 10.9 Å². The predicted molar refractivity (Wildman–Crippen MR) is 126 cm³/mol. The van der Waals surface area contributed by atoms with Gasteiger partial charge in [0.2, 0.25) is 5.91 Å². The number of likely N-dealkylation sites (tertiary alicyclic amines) is 1. The second-order valence-corrected chi connectivity index (χ2v) is 8.67. The third-order valence-corrected chi connectivity index (χ3v) is 6.11. The molecule has 1 aromatic heterocycles. The fourth-order valence-corrected chi connectivity index (χ4v) is 4.39. The molecule has 4 rings (SSSR count). The van der Waals surface area contributed by atoms with Crippen molar-refractivity contribution in [2.45, 2.75) is 18.6 Å². The number of carboxylic acid groups (broad SMARTS) is 1. The first-order valence-corrected chi connectivity index (χ1v) is 11.0. The van der Waals surface area contributed by atoms with E-state index in [9.17, 15) is 33.1 Å². The Morgan fingerprint density at radius 2 is 1.83 bits per heavy atom. The van der Waals surface area contributed by atoms with Gasteiger partial charge in [-0.15, -0.1) is 0 Å². The van der Waals surface area contributed by atoms with Gasteiger partial charge in [-0.1, -0.05) is 18.2 Å². The fourth-order valence-electron chi connectivity index (χ4n) is 3.93. The minimum Gasteiger partial charge on any atom is -0.478 e. The van der Waals surface area contributed by atoms with E-state index < -0.39 is 54.2 Å². The Morgan fingerprint density at radius 3 is 2.51 bits per heavy atom. The SMILES string of the molecule is NC(=O)n1cc(NC(=O)N2C[C@H](F)C[C@H]2C(=O)Nc2cc(C(=O)O)cc(Br)c2F)c2ccccc21. The molecule has 0 aliphatic carbocycles. The molecule has 0 spiro atoms. The molecule has 4 amide bonds. The van der Waals surface area contributed by atoms with Gasteiger partial charge in [0.25, 0.3) is 0 Å². The molecular weight excluding hydrogens is 532 g/mol. The van der Waals surface area contributed by atoms with Crippen LogP contribution < -0.4 is 16.4 Å². The van der Waals surface area contributed by atoms with E-state index in [2.05, 4.69) is 26.6 Å². The third-order valence-electron chi connectivity index (χ3n) is 5.54. The number of aromatic carboxylic acids is 1. The molecule has 1 saturated heterocycles. The minimum absolute atomic E-state index is 0.192. The smallest absolute Gasteiger partial charge is 0.335 e. The number of nitrogens with zero attached hydrogens (tertiary/aromatic N) is 2. The monoisotopic (exact) mass is 549 g/mol. The second-order valence-electron chi connectivity index (χ2n) is 7.81. The van der Waals surface area contributed by atoms with Crippen molar-refractivity contribution in [1.82, 2.24) is 9.47 Å². The first-order valence-electron chi connectivity index (χ1n) is 10.2. The van der Waals surface area contributed by atoms with Crippen LogP contribution in [-0.4, -0.2) is 57.3 Å². The summed E-state index contributed by atoms with van der Waals surface area (Å²) in [5.41, 5.74) is 5.31. The van der Waals surface area contributed by atoms with E-state index in [4.69, 9.17) is 5.73 Å². The highest BCUT2D eigenvalue weighted by Crippen LogP contribution is 2.30. The molecule has 1 fully saturated rings. The maximum Gasteiger partial charge on any atom is 0.335 e. The van der Waals surface area contributed by atoms with E-state index in [-0.39, 0.29) is 22.1 Å². The van der Waals surface area contributed by atoms with Gasteiger partial charge in [0.05, 0.1) is 33.5 Å². The van der Waals surface area contributed by atoms with Gasteiger partial charge in [-0.05, 0) is 34.1 Å². The summed E-state index contributed by atoms with van der Waals surface area (Å²) in [5, 5.41) is 14.5. The van der Waals surface area contributed by atoms with Crippen molar-refractivity contribution in [2.24, 2.45) is 5.73 Å². The number of carboxylic acids is 1. The lowest BCUT2D eigenvalue weighted by Gasteiger charge is -2.24. The van der Waals surface area contributed by atoms with E-state index in [1.165, 1.54) is 6.20 Å². The molecule has 10 nitrogen and oxygen atoms in total. The molecule has 182 valence electrons. The topological polar surface area (TPSA) is 147 Å². The zero-order valence-electron chi connectivity index (χ0n) is 17.8. The largest absolute Gasteiger partial charge is 0.478 e. The Balaban J connectivity index is 1.58. The number of alkyl halides is 1. The molecule has 3 aromatic rings. The van der Waals surface area contributed by atoms with Crippen LogP contribution in [0, 0.1) is 5.82 Å². The quantitative estimate of drug-likeness (QED) is 0.391. The summed E-state index contributed by atoms with van der Waals surface area (Å²) in [6.45, 7) is -0.403. The van der Waals surface area contributed by atoms with Crippen LogP contribution in [0.5, 0.6) is 0 Å². The van der Waals surface area contributed by atoms with Gasteiger partial charge in [0, 0.05) is 18.0 Å². The van der Waals surface area contributed by atoms with Crippen molar-refractivity contribution >= 4 is 62.1 Å². The molecule has 1 aliphatic heterocycles. The van der Waals surface area contributed by atoms with Gasteiger partial charge in [-0.25, -0.2) is 23.2 Å². The zero-order valence-corrected chi connectivity index (χ0v) is 19.4. The number of nitrogens with one attached hydrogen (secondary N) is 2. The van der Waals surface area contributed by atoms with Gasteiger partial charge in [-0.2, -0.15) is 0 Å². The molecule has 0 radical (unpaired) electrons. The lowest BCUT2D eigenvalue weighted by molar-refractivity contribution is -0.119. The highest BCUT2D eigenvalue weighted by Gasteiger charge is 2.40. The van der Waals surface area contributed by atoms with Crippen LogP contribution in [-0.2, 0) is 4.79 Å². The number of carbonyl (C=O) groups excluding carboxylic acids is 3. The number of primary amides is 1. The summed E-state index contributed by atoms with van der Waals surface area (Å²) in [4.78, 5) is 49.8. The van der Waals surface area contributed by atoms with Gasteiger partial charge >= 0.3 is 18.0 Å². The van der Waals surface area contributed by atoms with Crippen LogP contribution >= 0.6 is 15.9 Å². The number of fused-ring (bicyclic) bond motifs is 1. The highest BCUT2D eigenvalue weighted by atomic mass is 79.9. The van der Waals surface area contributed by atoms with Crippen LogP contribution in [0.3, 0.4) is 0 Å². The number of aromatic nitrogens is 1. The summed E-state index contributed by atoms with van der Waals surface area (Å²) < 4.78 is 29.7. The van der Waals surface area contributed by atoms with E-state index in [1.54, 1.807) is 24.3 Å². The predicted octanol–water partition coefficient (Wildman–Crippen LogP) is 3.75. The average Bonchev–Trinajstić information content (AvgIpc) is 3.38. The molecular formula is C22H18BrF2N5O5. The Labute approximate surface area is 204 Å². The number of nitrogens with two attached hydrogens (primary N) is 1. The maximum absolute atomic E-state index is 14.5. The normalized spacial score (nSPS) is 17.4. The number of benzene rings is 2. The number of halogens is 3. The van der Waals surface area contributed by atoms with E-state index in [0.717, 1.165) is 21.6 Å². The third kappa shape index (κ3) is 4.67. The number of rotatable bonds is 4. The van der Waals surface area contributed by atoms with Crippen molar-refractivity contribution < 1.29 is 33.1 Å². The number of urea groups is 1. The van der Waals surface area contributed by atoms with E-state index >= 15 is 0 Å².